The first-order chi connectivity index (χ1) is 16.9. The molecule has 0 bridgehead atoms. The Balaban J connectivity index is 1.23. The van der Waals surface area contributed by atoms with Crippen LogP contribution in [0.4, 0.5) is 4.79 Å². The number of likely N-dealkylation sites (tertiary alicyclic amines) is 1. The molecule has 0 radical (unpaired) electrons. The van der Waals surface area contributed by atoms with E-state index in [1.807, 2.05) is 31.2 Å². The second kappa shape index (κ2) is 9.36. The fourth-order valence-electron chi connectivity index (χ4n) is 6.09. The van der Waals surface area contributed by atoms with Crippen molar-refractivity contribution in [3.8, 4) is 11.1 Å². The highest BCUT2D eigenvalue weighted by Gasteiger charge is 2.46. The average Bonchev–Trinajstić information content (AvgIpc) is 3.13. The minimum atomic E-state index is -0.832. The summed E-state index contributed by atoms with van der Waals surface area (Å²) in [5.41, 5.74) is 3.99. The number of hydrogen-bond acceptors (Lipinski definition) is 4. The van der Waals surface area contributed by atoms with Crippen LogP contribution in [0.3, 0.4) is 0 Å². The molecule has 5 rings (SSSR count). The fraction of sp³-hybridized carbons (Fsp3) is 0.464. The Labute approximate surface area is 205 Å². The molecule has 2 N–H and O–H groups in total. The average molecular weight is 477 g/mol. The number of ether oxygens (including phenoxy) is 1. The molecule has 7 heteroatoms. The lowest BCUT2D eigenvalue weighted by Crippen LogP contribution is -2.61. The number of nitrogens with zero attached hydrogens (tertiary/aromatic N) is 1. The van der Waals surface area contributed by atoms with E-state index in [0.717, 1.165) is 24.0 Å². The van der Waals surface area contributed by atoms with E-state index in [2.05, 4.69) is 29.6 Å². The van der Waals surface area contributed by atoms with E-state index >= 15 is 0 Å². The zero-order chi connectivity index (χ0) is 24.6. The first-order valence-corrected chi connectivity index (χ1v) is 12.5. The van der Waals surface area contributed by atoms with Crippen LogP contribution in [-0.2, 0) is 14.3 Å². The second-order valence-corrected chi connectivity index (χ2v) is 10.4. The molecule has 2 aliphatic carbocycles. The predicted octanol–water partition coefficient (Wildman–Crippen LogP) is 4.41. The third kappa shape index (κ3) is 4.51. The molecular weight excluding hydrogens is 444 g/mol. The van der Waals surface area contributed by atoms with E-state index in [1.165, 1.54) is 11.1 Å². The first kappa shape index (κ1) is 23.4. The van der Waals surface area contributed by atoms with Crippen LogP contribution < -0.4 is 5.32 Å². The van der Waals surface area contributed by atoms with E-state index in [-0.39, 0.29) is 36.7 Å². The summed E-state index contributed by atoms with van der Waals surface area (Å²) in [7, 11) is 0. The Hall–Kier alpha value is -3.35. The third-order valence-corrected chi connectivity index (χ3v) is 7.97. The largest absolute Gasteiger partial charge is 0.481 e. The van der Waals surface area contributed by atoms with Crippen LogP contribution in [0.1, 0.15) is 56.1 Å². The maximum absolute atomic E-state index is 13.2. The summed E-state index contributed by atoms with van der Waals surface area (Å²) in [6.45, 7) is 3.12. The van der Waals surface area contributed by atoms with Gasteiger partial charge in [-0.05, 0) is 42.0 Å². The quantitative estimate of drug-likeness (QED) is 0.644. The monoisotopic (exact) mass is 476 g/mol. The van der Waals surface area contributed by atoms with Gasteiger partial charge in [-0.15, -0.1) is 0 Å². The Morgan fingerprint density at radius 2 is 1.66 bits per heavy atom. The fourth-order valence-corrected chi connectivity index (χ4v) is 6.09. The molecule has 2 amide bonds. The molecular formula is C28H32N2O5. The van der Waals surface area contributed by atoms with E-state index in [9.17, 15) is 14.4 Å². The second-order valence-electron chi connectivity index (χ2n) is 10.4. The van der Waals surface area contributed by atoms with Gasteiger partial charge in [0.25, 0.3) is 0 Å². The highest BCUT2D eigenvalue weighted by atomic mass is 16.5. The molecule has 2 aromatic carbocycles. The molecule has 184 valence electrons. The normalized spacial score (nSPS) is 23.7. The summed E-state index contributed by atoms with van der Waals surface area (Å²) >= 11 is 0. The van der Waals surface area contributed by atoms with Crippen LogP contribution in [0.2, 0.25) is 0 Å². The molecule has 2 atom stereocenters. The number of carbonyl (C=O) groups is 3. The van der Waals surface area contributed by atoms with Crippen molar-refractivity contribution >= 4 is 18.0 Å². The van der Waals surface area contributed by atoms with Crippen molar-refractivity contribution in [2.75, 3.05) is 19.7 Å². The Kier molecular flexibility index (Phi) is 6.26. The maximum atomic E-state index is 13.2. The van der Waals surface area contributed by atoms with Gasteiger partial charge in [-0.3, -0.25) is 9.59 Å². The SMILES string of the molecule is CC1(NC(=O)OCC2c3ccccc3-c3ccccc32)CCCCC1C(=O)N1CC(CC(=O)O)C1. The van der Waals surface area contributed by atoms with Crippen LogP contribution in [0.5, 0.6) is 0 Å². The molecule has 1 saturated heterocycles. The van der Waals surface area contributed by atoms with Gasteiger partial charge in [-0.1, -0.05) is 61.4 Å². The molecule has 1 heterocycles. The van der Waals surface area contributed by atoms with E-state index in [4.69, 9.17) is 9.84 Å². The van der Waals surface area contributed by atoms with Crippen molar-refractivity contribution in [1.82, 2.24) is 10.2 Å². The summed E-state index contributed by atoms with van der Waals surface area (Å²) in [5, 5.41) is 12.0. The Bertz CT molecular complexity index is 1100. The van der Waals surface area contributed by atoms with Gasteiger partial charge in [0.1, 0.15) is 6.61 Å². The van der Waals surface area contributed by atoms with Gasteiger partial charge in [-0.25, -0.2) is 4.79 Å². The number of nitrogens with one attached hydrogen (secondary N) is 1. The number of carboxylic acid groups (broad SMARTS) is 1. The van der Waals surface area contributed by atoms with Crippen molar-refractivity contribution < 1.29 is 24.2 Å². The number of amides is 2. The van der Waals surface area contributed by atoms with Crippen LogP contribution in [0, 0.1) is 11.8 Å². The lowest BCUT2D eigenvalue weighted by Gasteiger charge is -2.46. The van der Waals surface area contributed by atoms with Gasteiger partial charge in [0, 0.05) is 24.9 Å². The highest BCUT2D eigenvalue weighted by molar-refractivity contribution is 5.83. The minimum absolute atomic E-state index is 0.00721. The van der Waals surface area contributed by atoms with E-state index < -0.39 is 17.6 Å². The molecule has 0 aromatic heterocycles. The van der Waals surface area contributed by atoms with Crippen molar-refractivity contribution in [3.05, 3.63) is 59.7 Å². The number of rotatable bonds is 6. The molecule has 0 spiro atoms. The zero-order valence-corrected chi connectivity index (χ0v) is 20.0. The summed E-state index contributed by atoms with van der Waals surface area (Å²) in [6.07, 6.45) is 2.88. The molecule has 7 nitrogen and oxygen atoms in total. The lowest BCUT2D eigenvalue weighted by molar-refractivity contribution is -0.150. The van der Waals surface area contributed by atoms with Crippen molar-refractivity contribution in [1.29, 1.82) is 0 Å². The highest BCUT2D eigenvalue weighted by Crippen LogP contribution is 2.44. The van der Waals surface area contributed by atoms with Crippen molar-refractivity contribution in [2.24, 2.45) is 11.8 Å². The molecule has 2 fully saturated rings. The minimum Gasteiger partial charge on any atom is -0.481 e. The van der Waals surface area contributed by atoms with Gasteiger partial charge < -0.3 is 20.1 Å². The smallest absolute Gasteiger partial charge is 0.407 e. The summed E-state index contributed by atoms with van der Waals surface area (Å²) in [6, 6.07) is 16.4. The van der Waals surface area contributed by atoms with E-state index in [1.54, 1.807) is 4.90 Å². The molecule has 1 saturated carbocycles. The Morgan fingerprint density at radius 3 is 2.29 bits per heavy atom. The van der Waals surface area contributed by atoms with Crippen LogP contribution >= 0.6 is 0 Å². The van der Waals surface area contributed by atoms with Crippen LogP contribution in [0.15, 0.2) is 48.5 Å². The molecule has 2 aromatic rings. The van der Waals surface area contributed by atoms with Crippen molar-refractivity contribution in [2.45, 2.75) is 50.5 Å². The number of carbonyl (C=O) groups excluding carboxylic acids is 2. The number of carboxylic acids is 1. The van der Waals surface area contributed by atoms with Gasteiger partial charge in [0.15, 0.2) is 0 Å². The van der Waals surface area contributed by atoms with Gasteiger partial charge in [0.2, 0.25) is 5.91 Å². The Morgan fingerprint density at radius 1 is 1.03 bits per heavy atom. The molecule has 1 aliphatic heterocycles. The molecule has 35 heavy (non-hydrogen) atoms. The van der Waals surface area contributed by atoms with Crippen LogP contribution in [-0.4, -0.2) is 53.2 Å². The topological polar surface area (TPSA) is 95.9 Å². The number of aliphatic carboxylic acids is 1. The predicted molar refractivity (Wildman–Crippen MR) is 131 cm³/mol. The van der Waals surface area contributed by atoms with Gasteiger partial charge in [-0.2, -0.15) is 0 Å². The summed E-state index contributed by atoms with van der Waals surface area (Å²) in [4.78, 5) is 38.9. The lowest BCUT2D eigenvalue weighted by atomic mass is 9.72. The third-order valence-electron chi connectivity index (χ3n) is 7.97. The molecule has 2 unspecified atom stereocenters. The zero-order valence-electron chi connectivity index (χ0n) is 20.0. The number of hydrogen-bond donors (Lipinski definition) is 2. The summed E-state index contributed by atoms with van der Waals surface area (Å²) < 4.78 is 5.76. The summed E-state index contributed by atoms with van der Waals surface area (Å²) in [5.74, 6) is -1.16. The first-order valence-electron chi connectivity index (χ1n) is 12.5. The molecule has 3 aliphatic rings. The van der Waals surface area contributed by atoms with E-state index in [0.29, 0.717) is 25.9 Å². The standard InChI is InChI=1S/C28H32N2O5/c1-28(13-7-6-12-24(28)26(33)30-15-18(16-30)14-25(31)32)29-27(34)35-17-23-21-10-4-2-8-19(21)20-9-3-5-11-22(20)23/h2-5,8-11,18,23-24H,6-7,12-17H2,1H3,(H,29,34)(H,31,32). The van der Waals surface area contributed by atoms with Crippen LogP contribution in [0.25, 0.3) is 11.1 Å². The van der Waals surface area contributed by atoms with Gasteiger partial charge in [0.05, 0.1) is 17.9 Å². The number of fused-ring (bicyclic) bond motifs is 3. The number of benzene rings is 2. The van der Waals surface area contributed by atoms with Gasteiger partial charge >= 0.3 is 12.1 Å². The van der Waals surface area contributed by atoms with Crippen molar-refractivity contribution in [3.63, 3.8) is 0 Å². The maximum Gasteiger partial charge on any atom is 0.407 e. The number of alkyl carbamates (subject to hydrolysis) is 1.